The van der Waals surface area contributed by atoms with Crippen LogP contribution in [0.1, 0.15) is 0 Å². The molecule has 1 aromatic rings. The summed E-state index contributed by atoms with van der Waals surface area (Å²) in [5.41, 5.74) is -0.259. The fourth-order valence-corrected chi connectivity index (χ4v) is 1.12. The van der Waals surface area contributed by atoms with E-state index in [9.17, 15) is 9.90 Å². The molecule has 1 unspecified atom stereocenters. The van der Waals surface area contributed by atoms with Crippen LogP contribution in [0.15, 0.2) is 16.9 Å². The Morgan fingerprint density at radius 2 is 2.43 bits per heavy atom. The van der Waals surface area contributed by atoms with Gasteiger partial charge in [-0.15, -0.1) is 5.10 Å². The first-order chi connectivity index (χ1) is 6.67. The summed E-state index contributed by atoms with van der Waals surface area (Å²) in [7, 11) is 1.47. The summed E-state index contributed by atoms with van der Waals surface area (Å²) in [4.78, 5) is 11.3. The smallest absolute Gasteiger partial charge is 0.267 e. The fourth-order valence-electron chi connectivity index (χ4n) is 0.918. The third-order valence-electron chi connectivity index (χ3n) is 1.61. The van der Waals surface area contributed by atoms with Gasteiger partial charge in [0.05, 0.1) is 19.8 Å². The number of nitrogens with zero attached hydrogens (tertiary/aromatic N) is 2. The van der Waals surface area contributed by atoms with E-state index in [1.807, 2.05) is 0 Å². The van der Waals surface area contributed by atoms with Crippen LogP contribution in [0.5, 0.6) is 5.88 Å². The Morgan fingerprint density at radius 3 is 3.00 bits per heavy atom. The molecule has 78 valence electrons. The van der Waals surface area contributed by atoms with Gasteiger partial charge in [-0.2, -0.15) is 0 Å². The second-order valence-corrected chi connectivity index (χ2v) is 3.35. The fraction of sp³-hybridized carbons (Fsp3) is 0.500. The molecule has 0 aliphatic carbocycles. The Morgan fingerprint density at radius 1 is 1.71 bits per heavy atom. The van der Waals surface area contributed by atoms with Crippen molar-refractivity contribution in [1.29, 1.82) is 0 Å². The van der Waals surface area contributed by atoms with Crippen LogP contribution in [0.3, 0.4) is 0 Å². The van der Waals surface area contributed by atoms with Crippen molar-refractivity contribution in [2.45, 2.75) is 12.6 Å². The predicted molar refractivity (Wildman–Crippen MR) is 54.8 cm³/mol. The number of hydrogen-bond acceptors (Lipinski definition) is 4. The molecule has 0 bridgehead atoms. The average Bonchev–Trinajstić information content (AvgIpc) is 2.21. The Kier molecular flexibility index (Phi) is 4.09. The van der Waals surface area contributed by atoms with Gasteiger partial charge < -0.3 is 9.84 Å². The van der Waals surface area contributed by atoms with Crippen molar-refractivity contribution in [1.82, 2.24) is 9.78 Å². The summed E-state index contributed by atoms with van der Waals surface area (Å²) in [6.45, 7) is 0.154. The summed E-state index contributed by atoms with van der Waals surface area (Å²) in [6.07, 6.45) is -0.632. The number of aliphatic hydroxyl groups is 1. The Hall–Kier alpha value is -0.880. The quantitative estimate of drug-likeness (QED) is 0.777. The summed E-state index contributed by atoms with van der Waals surface area (Å²) < 4.78 is 6.03. The van der Waals surface area contributed by atoms with Crippen LogP contribution < -0.4 is 10.3 Å². The topological polar surface area (TPSA) is 64.3 Å². The lowest BCUT2D eigenvalue weighted by atomic mass is 10.4. The van der Waals surface area contributed by atoms with E-state index in [1.165, 1.54) is 23.9 Å². The predicted octanol–water partition coefficient (Wildman–Crippen LogP) is 0.00770. The lowest BCUT2D eigenvalue weighted by molar-refractivity contribution is 0.170. The van der Waals surface area contributed by atoms with E-state index in [0.29, 0.717) is 11.2 Å². The second kappa shape index (κ2) is 5.11. The zero-order valence-corrected chi connectivity index (χ0v) is 9.27. The third-order valence-corrected chi connectivity index (χ3v) is 2.36. The minimum absolute atomic E-state index is 0.154. The first kappa shape index (κ1) is 11.2. The zero-order valence-electron chi connectivity index (χ0n) is 7.68. The van der Waals surface area contributed by atoms with Gasteiger partial charge in [0.15, 0.2) is 0 Å². The molecule has 0 saturated carbocycles. The standard InChI is InChI=1S/C8H11BrN2O3/c1-14-7-2-3-8(13)11(10-7)5-6(12)4-9/h2-3,6,12H,4-5H2,1H3. The van der Waals surface area contributed by atoms with Crippen molar-refractivity contribution >= 4 is 15.9 Å². The summed E-state index contributed by atoms with van der Waals surface area (Å²) in [5, 5.41) is 13.6. The summed E-state index contributed by atoms with van der Waals surface area (Å²) in [6, 6.07) is 2.84. The number of rotatable bonds is 4. The number of hydrogen-bond donors (Lipinski definition) is 1. The van der Waals surface area contributed by atoms with Crippen molar-refractivity contribution < 1.29 is 9.84 Å². The van der Waals surface area contributed by atoms with Crippen LogP contribution in [0.25, 0.3) is 0 Å². The van der Waals surface area contributed by atoms with Crippen molar-refractivity contribution in [2.24, 2.45) is 0 Å². The van der Waals surface area contributed by atoms with Crippen LogP contribution in [-0.2, 0) is 6.54 Å². The molecule has 1 heterocycles. The number of aromatic nitrogens is 2. The first-order valence-corrected chi connectivity index (χ1v) is 5.15. The molecule has 0 saturated heterocycles. The lowest BCUT2D eigenvalue weighted by Crippen LogP contribution is -2.29. The number of methoxy groups -OCH3 is 1. The molecule has 0 spiro atoms. The lowest BCUT2D eigenvalue weighted by Gasteiger charge is -2.09. The molecule has 5 nitrogen and oxygen atoms in total. The van der Waals surface area contributed by atoms with E-state index < -0.39 is 6.10 Å². The van der Waals surface area contributed by atoms with Crippen LogP contribution in [0, 0.1) is 0 Å². The normalized spacial score (nSPS) is 12.5. The van der Waals surface area contributed by atoms with Crippen LogP contribution in [0.2, 0.25) is 0 Å². The maximum atomic E-state index is 11.3. The molecule has 0 aromatic carbocycles. The molecule has 14 heavy (non-hydrogen) atoms. The summed E-state index contributed by atoms with van der Waals surface area (Å²) in [5.74, 6) is 0.353. The van der Waals surface area contributed by atoms with Crippen molar-refractivity contribution in [3.8, 4) is 5.88 Å². The molecule has 0 fully saturated rings. The van der Waals surface area contributed by atoms with Gasteiger partial charge in [0.2, 0.25) is 5.88 Å². The van der Waals surface area contributed by atoms with Gasteiger partial charge in [0.25, 0.3) is 5.56 Å². The van der Waals surface area contributed by atoms with Crippen LogP contribution >= 0.6 is 15.9 Å². The van der Waals surface area contributed by atoms with Crippen molar-refractivity contribution in [3.63, 3.8) is 0 Å². The number of ether oxygens (including phenoxy) is 1. The number of halogens is 1. The van der Waals surface area contributed by atoms with Crippen LogP contribution in [0.4, 0.5) is 0 Å². The van der Waals surface area contributed by atoms with E-state index >= 15 is 0 Å². The van der Waals surface area contributed by atoms with Gasteiger partial charge in [-0.25, -0.2) is 4.68 Å². The van der Waals surface area contributed by atoms with E-state index in [1.54, 1.807) is 0 Å². The van der Waals surface area contributed by atoms with Crippen molar-refractivity contribution in [2.75, 3.05) is 12.4 Å². The molecule has 0 radical (unpaired) electrons. The molecular weight excluding hydrogens is 252 g/mol. The van der Waals surface area contributed by atoms with Gasteiger partial charge in [0.1, 0.15) is 0 Å². The van der Waals surface area contributed by atoms with E-state index in [4.69, 9.17) is 4.74 Å². The monoisotopic (exact) mass is 262 g/mol. The molecule has 0 aliphatic heterocycles. The Bertz CT molecular complexity index is 353. The van der Waals surface area contributed by atoms with Gasteiger partial charge in [-0.1, -0.05) is 15.9 Å². The van der Waals surface area contributed by atoms with Crippen LogP contribution in [-0.4, -0.2) is 33.4 Å². The maximum absolute atomic E-state index is 11.3. The largest absolute Gasteiger partial charge is 0.480 e. The molecular formula is C8H11BrN2O3. The highest BCUT2D eigenvalue weighted by Crippen LogP contribution is 2.00. The molecule has 6 heteroatoms. The maximum Gasteiger partial charge on any atom is 0.267 e. The molecule has 0 amide bonds. The van der Waals surface area contributed by atoms with Crippen molar-refractivity contribution in [3.05, 3.63) is 22.5 Å². The van der Waals surface area contributed by atoms with E-state index in [-0.39, 0.29) is 12.1 Å². The Labute approximate surface area is 89.4 Å². The van der Waals surface area contributed by atoms with E-state index in [2.05, 4.69) is 21.0 Å². The molecule has 1 atom stereocenters. The highest BCUT2D eigenvalue weighted by atomic mass is 79.9. The number of alkyl halides is 1. The van der Waals surface area contributed by atoms with Gasteiger partial charge >= 0.3 is 0 Å². The second-order valence-electron chi connectivity index (χ2n) is 2.70. The van der Waals surface area contributed by atoms with Gasteiger partial charge in [-0.3, -0.25) is 4.79 Å². The Balaban J connectivity index is 2.89. The average molecular weight is 263 g/mol. The first-order valence-electron chi connectivity index (χ1n) is 4.03. The SMILES string of the molecule is COc1ccc(=O)n(CC(O)CBr)n1. The highest BCUT2D eigenvalue weighted by Gasteiger charge is 2.06. The highest BCUT2D eigenvalue weighted by molar-refractivity contribution is 9.09. The molecule has 0 aliphatic rings. The zero-order chi connectivity index (χ0) is 10.6. The van der Waals surface area contributed by atoms with Gasteiger partial charge in [0, 0.05) is 17.5 Å². The third kappa shape index (κ3) is 2.81. The summed E-state index contributed by atoms with van der Waals surface area (Å²) >= 11 is 3.11. The molecule has 1 N–H and O–H groups in total. The molecule has 1 aromatic heterocycles. The van der Waals surface area contributed by atoms with E-state index in [0.717, 1.165) is 0 Å². The van der Waals surface area contributed by atoms with Gasteiger partial charge in [-0.05, 0) is 0 Å². The minimum atomic E-state index is -0.632. The minimum Gasteiger partial charge on any atom is -0.480 e. The number of aliphatic hydroxyl groups excluding tert-OH is 1. The molecule has 1 rings (SSSR count).